The van der Waals surface area contributed by atoms with Crippen LogP contribution < -0.4 is 5.56 Å². The van der Waals surface area contributed by atoms with Crippen molar-refractivity contribution in [1.29, 1.82) is 0 Å². The summed E-state index contributed by atoms with van der Waals surface area (Å²) >= 11 is 1.24. The van der Waals surface area contributed by atoms with Gasteiger partial charge in [0.2, 0.25) is 0 Å². The van der Waals surface area contributed by atoms with E-state index in [4.69, 9.17) is 0 Å². The molecule has 1 aromatic heterocycles. The third-order valence-corrected chi connectivity index (χ3v) is 5.01. The van der Waals surface area contributed by atoms with Gasteiger partial charge in [0.15, 0.2) is 10.9 Å². The van der Waals surface area contributed by atoms with Crippen LogP contribution in [-0.4, -0.2) is 20.6 Å². The number of halogens is 1. The second kappa shape index (κ2) is 7.19. The Kier molecular flexibility index (Phi) is 4.99. The zero-order chi connectivity index (χ0) is 18.0. The fourth-order valence-corrected chi connectivity index (χ4v) is 3.63. The van der Waals surface area contributed by atoms with Crippen molar-refractivity contribution in [3.8, 4) is 0 Å². The number of Topliss-reactive ketones (excluding diaryl/α,β-unsaturated/α-hetero) is 1. The number of rotatable bonds is 5. The number of ketones is 1. The van der Waals surface area contributed by atoms with Crippen LogP contribution in [0.5, 0.6) is 0 Å². The minimum atomic E-state index is -0.448. The van der Waals surface area contributed by atoms with Crippen molar-refractivity contribution in [3.05, 3.63) is 70.3 Å². The second-order valence-corrected chi connectivity index (χ2v) is 6.90. The highest BCUT2D eigenvalue weighted by Gasteiger charge is 2.20. The van der Waals surface area contributed by atoms with Gasteiger partial charge in [0.25, 0.3) is 5.56 Å². The van der Waals surface area contributed by atoms with Crippen molar-refractivity contribution in [2.24, 2.45) is 0 Å². The summed E-state index contributed by atoms with van der Waals surface area (Å²) in [4.78, 5) is 29.7. The number of hydrogen-bond acceptors (Lipinski definition) is 4. The molecule has 0 amide bonds. The number of carbonyl (C=O) groups is 1. The molecule has 0 spiro atoms. The first-order valence-electron chi connectivity index (χ1n) is 7.97. The first kappa shape index (κ1) is 17.4. The zero-order valence-electron chi connectivity index (χ0n) is 13.9. The van der Waals surface area contributed by atoms with Crippen LogP contribution in [0, 0.1) is 5.82 Å². The Morgan fingerprint density at radius 2 is 1.88 bits per heavy atom. The largest absolute Gasteiger partial charge is 0.293 e. The summed E-state index contributed by atoms with van der Waals surface area (Å²) in [5.74, 6) is -0.511. The fourth-order valence-electron chi connectivity index (χ4n) is 2.58. The maximum atomic E-state index is 13.0. The molecule has 4 nitrogen and oxygen atoms in total. The molecule has 128 valence electrons. The molecule has 0 saturated heterocycles. The summed E-state index contributed by atoms with van der Waals surface area (Å²) in [5, 5.41) is 0.622. The van der Waals surface area contributed by atoms with Gasteiger partial charge in [-0.2, -0.15) is 0 Å². The lowest BCUT2D eigenvalue weighted by atomic mass is 10.1. The number of aromatic nitrogens is 2. The lowest BCUT2D eigenvalue weighted by Crippen LogP contribution is -2.24. The monoisotopic (exact) mass is 356 g/mol. The molecule has 0 N–H and O–H groups in total. The molecule has 25 heavy (non-hydrogen) atoms. The smallest absolute Gasteiger partial charge is 0.262 e. The highest BCUT2D eigenvalue weighted by atomic mass is 32.2. The van der Waals surface area contributed by atoms with E-state index in [0.29, 0.717) is 28.2 Å². The molecule has 3 aromatic rings. The van der Waals surface area contributed by atoms with Crippen molar-refractivity contribution < 1.29 is 9.18 Å². The van der Waals surface area contributed by atoms with Crippen LogP contribution in [0.15, 0.2) is 58.5 Å². The van der Waals surface area contributed by atoms with E-state index >= 15 is 0 Å². The summed E-state index contributed by atoms with van der Waals surface area (Å²) < 4.78 is 14.6. The number of carbonyl (C=O) groups excluding carboxylic acids is 1. The average Bonchev–Trinajstić information content (AvgIpc) is 2.62. The summed E-state index contributed by atoms with van der Waals surface area (Å²) in [7, 11) is 0. The summed E-state index contributed by atoms with van der Waals surface area (Å²) in [6.45, 7) is 4.10. The molecule has 0 bridgehead atoms. The van der Waals surface area contributed by atoms with Gasteiger partial charge in [-0.25, -0.2) is 9.37 Å². The molecule has 6 heteroatoms. The molecule has 2 aromatic carbocycles. The van der Waals surface area contributed by atoms with Crippen molar-refractivity contribution in [1.82, 2.24) is 9.55 Å². The second-order valence-electron chi connectivity index (χ2n) is 5.59. The molecule has 0 saturated carbocycles. The Morgan fingerprint density at radius 3 is 2.56 bits per heavy atom. The van der Waals surface area contributed by atoms with Crippen molar-refractivity contribution in [3.63, 3.8) is 0 Å². The summed E-state index contributed by atoms with van der Waals surface area (Å²) in [5.41, 5.74) is 0.936. The number of fused-ring (bicyclic) bond motifs is 1. The quantitative estimate of drug-likeness (QED) is 0.395. The number of thioether (sulfide) groups is 1. The van der Waals surface area contributed by atoms with E-state index in [1.165, 1.54) is 36.0 Å². The van der Waals surface area contributed by atoms with Crippen LogP contribution in [0.4, 0.5) is 4.39 Å². The topological polar surface area (TPSA) is 52.0 Å². The van der Waals surface area contributed by atoms with Crippen LogP contribution in [0.2, 0.25) is 0 Å². The number of para-hydroxylation sites is 1. The van der Waals surface area contributed by atoms with Gasteiger partial charge in [0.05, 0.1) is 16.2 Å². The van der Waals surface area contributed by atoms with E-state index < -0.39 is 5.25 Å². The fraction of sp³-hybridized carbons (Fsp3) is 0.211. The van der Waals surface area contributed by atoms with Gasteiger partial charge in [0.1, 0.15) is 5.82 Å². The van der Waals surface area contributed by atoms with Crippen molar-refractivity contribution in [2.75, 3.05) is 0 Å². The number of benzene rings is 2. The van der Waals surface area contributed by atoms with Gasteiger partial charge in [-0.1, -0.05) is 23.9 Å². The third-order valence-electron chi connectivity index (χ3n) is 3.92. The number of hydrogen-bond donors (Lipinski definition) is 0. The molecule has 0 aliphatic rings. The van der Waals surface area contributed by atoms with E-state index in [1.807, 2.05) is 13.0 Å². The predicted octanol–water partition coefficient (Wildman–Crippen LogP) is 3.92. The maximum absolute atomic E-state index is 13.0. The van der Waals surface area contributed by atoms with E-state index in [-0.39, 0.29) is 17.2 Å². The molecule has 0 aliphatic carbocycles. The van der Waals surface area contributed by atoms with Crippen LogP contribution in [0.25, 0.3) is 10.9 Å². The highest BCUT2D eigenvalue weighted by molar-refractivity contribution is 8.00. The Morgan fingerprint density at radius 1 is 1.20 bits per heavy atom. The molecule has 0 fully saturated rings. The van der Waals surface area contributed by atoms with E-state index in [0.717, 1.165) is 0 Å². The Balaban J connectivity index is 1.95. The summed E-state index contributed by atoms with van der Waals surface area (Å²) in [6, 6.07) is 12.6. The molecule has 0 unspecified atom stereocenters. The number of nitrogens with zero attached hydrogens (tertiary/aromatic N) is 2. The molecular weight excluding hydrogens is 339 g/mol. The third kappa shape index (κ3) is 3.49. The SMILES string of the molecule is CCn1c(S[C@H](C)C(=O)c2ccc(F)cc2)nc2ccccc2c1=O. The van der Waals surface area contributed by atoms with Gasteiger partial charge in [0, 0.05) is 12.1 Å². The Labute approximate surface area is 148 Å². The van der Waals surface area contributed by atoms with Crippen molar-refractivity contribution in [2.45, 2.75) is 30.8 Å². The molecule has 0 radical (unpaired) electrons. The Hall–Kier alpha value is -2.47. The zero-order valence-corrected chi connectivity index (χ0v) is 14.7. The van der Waals surface area contributed by atoms with Crippen molar-refractivity contribution >= 4 is 28.4 Å². The van der Waals surface area contributed by atoms with Crippen LogP contribution in [-0.2, 0) is 6.54 Å². The predicted molar refractivity (Wildman–Crippen MR) is 97.7 cm³/mol. The lowest BCUT2D eigenvalue weighted by Gasteiger charge is -2.14. The normalized spacial score (nSPS) is 12.3. The highest BCUT2D eigenvalue weighted by Crippen LogP contribution is 2.25. The first-order valence-corrected chi connectivity index (χ1v) is 8.85. The standard InChI is InChI=1S/C19H17FN2O2S/c1-3-22-18(24)15-6-4-5-7-16(15)21-19(22)25-12(2)17(23)13-8-10-14(20)11-9-13/h4-12H,3H2,1-2H3/t12-/m1/s1. The molecule has 3 rings (SSSR count). The minimum absolute atomic E-state index is 0.114. The first-order chi connectivity index (χ1) is 12.0. The summed E-state index contributed by atoms with van der Waals surface area (Å²) in [6.07, 6.45) is 0. The minimum Gasteiger partial charge on any atom is -0.293 e. The van der Waals surface area contributed by atoms with Gasteiger partial charge >= 0.3 is 0 Å². The maximum Gasteiger partial charge on any atom is 0.262 e. The van der Waals surface area contributed by atoms with Gasteiger partial charge in [-0.15, -0.1) is 0 Å². The Bertz CT molecular complexity index is 983. The van der Waals surface area contributed by atoms with Gasteiger partial charge in [-0.3, -0.25) is 14.2 Å². The van der Waals surface area contributed by atoms with E-state index in [9.17, 15) is 14.0 Å². The van der Waals surface area contributed by atoms with Gasteiger partial charge < -0.3 is 0 Å². The molecular formula is C19H17FN2O2S. The van der Waals surface area contributed by atoms with E-state index in [1.54, 1.807) is 29.7 Å². The van der Waals surface area contributed by atoms with Gasteiger partial charge in [-0.05, 0) is 50.2 Å². The average molecular weight is 356 g/mol. The van der Waals surface area contributed by atoms with Crippen LogP contribution in [0.1, 0.15) is 24.2 Å². The molecule has 1 atom stereocenters. The molecule has 0 aliphatic heterocycles. The van der Waals surface area contributed by atoms with Crippen LogP contribution in [0.3, 0.4) is 0 Å². The van der Waals surface area contributed by atoms with Crippen LogP contribution >= 0.6 is 11.8 Å². The van der Waals surface area contributed by atoms with E-state index in [2.05, 4.69) is 4.98 Å². The molecule has 1 heterocycles. The lowest BCUT2D eigenvalue weighted by molar-refractivity contribution is 0.0994.